The molecule has 0 spiro atoms. The summed E-state index contributed by atoms with van der Waals surface area (Å²) in [5, 5.41) is 0. The lowest BCUT2D eigenvalue weighted by Gasteiger charge is -2.19. The summed E-state index contributed by atoms with van der Waals surface area (Å²) in [6, 6.07) is 5.24. The maximum absolute atomic E-state index is 12.4. The number of nitrogen functional groups attached to an aromatic ring is 1. The monoisotopic (exact) mass is 283 g/mol. The van der Waals surface area contributed by atoms with Crippen molar-refractivity contribution in [1.82, 2.24) is 0 Å². The fourth-order valence-electron chi connectivity index (χ4n) is 2.29. The Morgan fingerprint density at radius 2 is 2.26 bits per heavy atom. The van der Waals surface area contributed by atoms with E-state index in [-0.39, 0.29) is 11.7 Å². The van der Waals surface area contributed by atoms with E-state index in [9.17, 15) is 4.21 Å². The van der Waals surface area contributed by atoms with Crippen molar-refractivity contribution in [1.29, 1.82) is 0 Å². The molecule has 2 N–H and O–H groups in total. The molecular weight excluding hydrogens is 262 g/mol. The van der Waals surface area contributed by atoms with E-state index >= 15 is 0 Å². The molecule has 4 nitrogen and oxygen atoms in total. The van der Waals surface area contributed by atoms with Gasteiger partial charge in [-0.15, -0.1) is 0 Å². The van der Waals surface area contributed by atoms with Gasteiger partial charge in [-0.05, 0) is 44.9 Å². The summed E-state index contributed by atoms with van der Waals surface area (Å²) in [6.07, 6.45) is 1.99. The van der Waals surface area contributed by atoms with Gasteiger partial charge in [-0.2, -0.15) is 0 Å². The first-order valence-corrected chi connectivity index (χ1v) is 7.73. The molecule has 0 amide bonds. The third-order valence-electron chi connectivity index (χ3n) is 3.36. The molecule has 1 aliphatic rings. The summed E-state index contributed by atoms with van der Waals surface area (Å²) >= 11 is 0. The normalized spacial score (nSPS) is 23.2. The van der Waals surface area contributed by atoms with Gasteiger partial charge in [-0.25, -0.2) is 0 Å². The lowest BCUT2D eigenvalue weighted by atomic mass is 10.1. The molecule has 0 aliphatic carbocycles. The highest BCUT2D eigenvalue weighted by molar-refractivity contribution is 7.85. The first-order valence-electron chi connectivity index (χ1n) is 6.41. The van der Waals surface area contributed by atoms with Gasteiger partial charge in [0.15, 0.2) is 0 Å². The molecular formula is C14H21NO3S. The first-order chi connectivity index (χ1) is 8.91. The average molecular weight is 283 g/mol. The van der Waals surface area contributed by atoms with Crippen LogP contribution in [0.25, 0.3) is 0 Å². The predicted octanol–water partition coefficient (Wildman–Crippen LogP) is 2.34. The zero-order valence-corrected chi connectivity index (χ0v) is 12.5. The SMILES string of the molecule is COc1ccc(N)c(S(=O)CC2CCC(C)(C)O2)c1. The maximum atomic E-state index is 12.4. The Kier molecular flexibility index (Phi) is 4.16. The molecule has 0 saturated carbocycles. The molecule has 1 fully saturated rings. The van der Waals surface area contributed by atoms with Crippen molar-refractivity contribution in [3.63, 3.8) is 0 Å². The van der Waals surface area contributed by atoms with Gasteiger partial charge in [-0.3, -0.25) is 4.21 Å². The largest absolute Gasteiger partial charge is 0.497 e. The molecule has 2 atom stereocenters. The van der Waals surface area contributed by atoms with Gasteiger partial charge in [0.1, 0.15) is 5.75 Å². The average Bonchev–Trinajstić information content (AvgIpc) is 2.69. The second-order valence-electron chi connectivity index (χ2n) is 5.45. The molecule has 0 aromatic heterocycles. The fraction of sp³-hybridized carbons (Fsp3) is 0.571. The Morgan fingerprint density at radius 1 is 1.53 bits per heavy atom. The van der Waals surface area contributed by atoms with Gasteiger partial charge in [0.25, 0.3) is 0 Å². The maximum Gasteiger partial charge on any atom is 0.120 e. The van der Waals surface area contributed by atoms with Crippen molar-refractivity contribution < 1.29 is 13.7 Å². The van der Waals surface area contributed by atoms with Crippen LogP contribution in [-0.4, -0.2) is 28.8 Å². The van der Waals surface area contributed by atoms with Crippen LogP contribution in [0, 0.1) is 0 Å². The van der Waals surface area contributed by atoms with E-state index in [2.05, 4.69) is 13.8 Å². The minimum absolute atomic E-state index is 0.0430. The number of rotatable bonds is 4. The number of anilines is 1. The third-order valence-corrected chi connectivity index (χ3v) is 4.88. The van der Waals surface area contributed by atoms with Crippen LogP contribution >= 0.6 is 0 Å². The van der Waals surface area contributed by atoms with E-state index in [0.717, 1.165) is 12.8 Å². The van der Waals surface area contributed by atoms with Crippen LogP contribution in [0.15, 0.2) is 23.1 Å². The number of ether oxygens (including phenoxy) is 2. The molecule has 0 bridgehead atoms. The van der Waals surface area contributed by atoms with Crippen LogP contribution in [0.2, 0.25) is 0 Å². The Balaban J connectivity index is 2.08. The summed E-state index contributed by atoms with van der Waals surface area (Å²) in [4.78, 5) is 0.632. The zero-order chi connectivity index (χ0) is 14.0. The van der Waals surface area contributed by atoms with Crippen molar-refractivity contribution in [2.75, 3.05) is 18.6 Å². The van der Waals surface area contributed by atoms with Gasteiger partial charge in [0, 0.05) is 5.69 Å². The van der Waals surface area contributed by atoms with Crippen molar-refractivity contribution >= 4 is 16.5 Å². The van der Waals surface area contributed by atoms with E-state index in [1.165, 1.54) is 0 Å². The summed E-state index contributed by atoms with van der Waals surface area (Å²) < 4.78 is 23.4. The number of methoxy groups -OCH3 is 1. The van der Waals surface area contributed by atoms with E-state index < -0.39 is 10.8 Å². The quantitative estimate of drug-likeness (QED) is 0.862. The van der Waals surface area contributed by atoms with Crippen LogP contribution in [-0.2, 0) is 15.5 Å². The molecule has 106 valence electrons. The van der Waals surface area contributed by atoms with Crippen LogP contribution in [0.5, 0.6) is 5.75 Å². The molecule has 2 unspecified atom stereocenters. The molecule has 1 aromatic rings. The van der Waals surface area contributed by atoms with Crippen LogP contribution < -0.4 is 10.5 Å². The number of hydrogen-bond donors (Lipinski definition) is 1. The zero-order valence-electron chi connectivity index (χ0n) is 11.6. The minimum atomic E-state index is -1.16. The van der Waals surface area contributed by atoms with Crippen LogP contribution in [0.4, 0.5) is 5.69 Å². The standard InChI is InChI=1S/C14H21NO3S/c1-14(2)7-6-11(18-14)9-19(16)13-8-10(17-3)4-5-12(13)15/h4-5,8,11H,6-7,9,15H2,1-3H3. The summed E-state index contributed by atoms with van der Waals surface area (Å²) in [7, 11) is 0.424. The Morgan fingerprint density at radius 3 is 2.84 bits per heavy atom. The molecule has 2 rings (SSSR count). The third kappa shape index (κ3) is 3.48. The summed E-state index contributed by atoms with van der Waals surface area (Å²) in [5.74, 6) is 1.16. The van der Waals surface area contributed by atoms with Crippen LogP contribution in [0.1, 0.15) is 26.7 Å². The van der Waals surface area contributed by atoms with E-state index in [1.807, 2.05) is 0 Å². The van der Waals surface area contributed by atoms with E-state index in [1.54, 1.807) is 25.3 Å². The Labute approximate surface area is 116 Å². The van der Waals surface area contributed by atoms with E-state index in [4.69, 9.17) is 15.2 Å². The van der Waals surface area contributed by atoms with Gasteiger partial charge >= 0.3 is 0 Å². The molecule has 1 aromatic carbocycles. The Hall–Kier alpha value is -1.07. The van der Waals surface area contributed by atoms with Gasteiger partial charge in [-0.1, -0.05) is 0 Å². The van der Waals surface area contributed by atoms with Crippen LogP contribution in [0.3, 0.4) is 0 Å². The number of nitrogens with two attached hydrogens (primary N) is 1. The van der Waals surface area contributed by atoms with Gasteiger partial charge < -0.3 is 15.2 Å². The van der Waals surface area contributed by atoms with Crippen molar-refractivity contribution in [2.45, 2.75) is 43.3 Å². The molecule has 1 aliphatic heterocycles. The number of benzene rings is 1. The lowest BCUT2D eigenvalue weighted by molar-refractivity contribution is -0.00498. The first kappa shape index (κ1) is 14.3. The van der Waals surface area contributed by atoms with Crippen molar-refractivity contribution in [3.05, 3.63) is 18.2 Å². The second kappa shape index (κ2) is 5.51. The topological polar surface area (TPSA) is 61.5 Å². The van der Waals surface area contributed by atoms with Gasteiger partial charge in [0.05, 0.1) is 40.3 Å². The second-order valence-corrected chi connectivity index (χ2v) is 6.92. The highest BCUT2D eigenvalue weighted by Crippen LogP contribution is 2.31. The predicted molar refractivity (Wildman–Crippen MR) is 76.9 cm³/mol. The molecule has 1 heterocycles. The molecule has 5 heteroatoms. The van der Waals surface area contributed by atoms with Gasteiger partial charge in [0.2, 0.25) is 0 Å². The smallest absolute Gasteiger partial charge is 0.120 e. The lowest BCUT2D eigenvalue weighted by Crippen LogP contribution is -2.23. The summed E-state index contributed by atoms with van der Waals surface area (Å²) in [6.45, 7) is 4.13. The summed E-state index contributed by atoms with van der Waals surface area (Å²) in [5.41, 5.74) is 6.32. The molecule has 0 radical (unpaired) electrons. The highest BCUT2D eigenvalue weighted by Gasteiger charge is 2.32. The number of hydrogen-bond acceptors (Lipinski definition) is 4. The highest BCUT2D eigenvalue weighted by atomic mass is 32.2. The minimum Gasteiger partial charge on any atom is -0.497 e. The van der Waals surface area contributed by atoms with Crippen molar-refractivity contribution in [3.8, 4) is 5.75 Å². The van der Waals surface area contributed by atoms with E-state index in [0.29, 0.717) is 22.1 Å². The molecule has 19 heavy (non-hydrogen) atoms. The van der Waals surface area contributed by atoms with Crippen molar-refractivity contribution in [2.24, 2.45) is 0 Å². The molecule has 1 saturated heterocycles. The fourth-order valence-corrected chi connectivity index (χ4v) is 3.62. The Bertz CT molecular complexity index is 488.